The second-order valence-electron chi connectivity index (χ2n) is 4.57. The quantitative estimate of drug-likeness (QED) is 0.907. The molecule has 4 nitrogen and oxygen atoms in total. The van der Waals surface area contributed by atoms with Crippen LogP contribution in [-0.4, -0.2) is 18.7 Å². The number of methoxy groups -OCH3 is 1. The SMILES string of the molecule is COc1ccc2c(c1)CC(c1ccccc1)=NNC2=O. The smallest absolute Gasteiger partial charge is 0.271 e. The first-order valence-corrected chi connectivity index (χ1v) is 6.37. The fourth-order valence-corrected chi connectivity index (χ4v) is 2.26. The van der Waals surface area contributed by atoms with Crippen LogP contribution in [0.15, 0.2) is 53.6 Å². The van der Waals surface area contributed by atoms with Crippen molar-refractivity contribution >= 4 is 11.6 Å². The minimum atomic E-state index is -0.186. The summed E-state index contributed by atoms with van der Waals surface area (Å²) in [4.78, 5) is 12.0. The van der Waals surface area contributed by atoms with Crippen LogP contribution < -0.4 is 10.2 Å². The molecule has 0 spiro atoms. The van der Waals surface area contributed by atoms with Gasteiger partial charge in [0, 0.05) is 12.0 Å². The topological polar surface area (TPSA) is 50.7 Å². The number of carbonyl (C=O) groups excluding carboxylic acids is 1. The van der Waals surface area contributed by atoms with Crippen molar-refractivity contribution in [3.63, 3.8) is 0 Å². The van der Waals surface area contributed by atoms with Gasteiger partial charge in [-0.3, -0.25) is 4.79 Å². The van der Waals surface area contributed by atoms with Gasteiger partial charge in [0.25, 0.3) is 5.91 Å². The number of rotatable bonds is 2. The normalized spacial score (nSPS) is 13.8. The lowest BCUT2D eigenvalue weighted by Gasteiger charge is -2.08. The van der Waals surface area contributed by atoms with Gasteiger partial charge in [0.15, 0.2) is 0 Å². The Balaban J connectivity index is 2.04. The van der Waals surface area contributed by atoms with Crippen molar-refractivity contribution in [2.75, 3.05) is 7.11 Å². The maximum atomic E-state index is 12.0. The van der Waals surface area contributed by atoms with E-state index in [4.69, 9.17) is 4.74 Å². The average Bonchev–Trinajstić information content (AvgIpc) is 2.67. The van der Waals surface area contributed by atoms with Crippen LogP contribution in [-0.2, 0) is 6.42 Å². The molecule has 0 aromatic heterocycles. The van der Waals surface area contributed by atoms with Gasteiger partial charge < -0.3 is 4.74 Å². The third-order valence-corrected chi connectivity index (χ3v) is 3.31. The number of ether oxygens (including phenoxy) is 1. The summed E-state index contributed by atoms with van der Waals surface area (Å²) in [6.07, 6.45) is 0.593. The lowest BCUT2D eigenvalue weighted by atomic mass is 9.98. The fourth-order valence-electron chi connectivity index (χ4n) is 2.26. The highest BCUT2D eigenvalue weighted by atomic mass is 16.5. The van der Waals surface area contributed by atoms with Crippen molar-refractivity contribution in [2.24, 2.45) is 5.10 Å². The molecule has 1 aliphatic heterocycles. The third kappa shape index (κ3) is 2.28. The summed E-state index contributed by atoms with van der Waals surface area (Å²) in [6.45, 7) is 0. The Morgan fingerprint density at radius 2 is 1.95 bits per heavy atom. The van der Waals surface area contributed by atoms with Crippen LogP contribution in [0.1, 0.15) is 21.5 Å². The Labute approximate surface area is 117 Å². The summed E-state index contributed by atoms with van der Waals surface area (Å²) < 4.78 is 5.23. The Hall–Kier alpha value is -2.62. The number of fused-ring (bicyclic) bond motifs is 1. The van der Waals surface area contributed by atoms with E-state index in [-0.39, 0.29) is 5.91 Å². The summed E-state index contributed by atoms with van der Waals surface area (Å²) in [5.41, 5.74) is 5.99. The summed E-state index contributed by atoms with van der Waals surface area (Å²) in [7, 11) is 1.62. The first-order valence-electron chi connectivity index (χ1n) is 6.37. The van der Waals surface area contributed by atoms with Gasteiger partial charge in [0.1, 0.15) is 5.75 Å². The zero-order chi connectivity index (χ0) is 13.9. The molecule has 3 rings (SSSR count). The van der Waals surface area contributed by atoms with E-state index in [0.717, 1.165) is 22.6 Å². The maximum absolute atomic E-state index is 12.0. The number of carbonyl (C=O) groups is 1. The molecule has 2 aromatic carbocycles. The molecule has 20 heavy (non-hydrogen) atoms. The van der Waals surface area contributed by atoms with Crippen LogP contribution in [0.3, 0.4) is 0 Å². The molecule has 0 fully saturated rings. The average molecular weight is 266 g/mol. The second kappa shape index (κ2) is 5.17. The minimum absolute atomic E-state index is 0.186. The molecule has 1 amide bonds. The van der Waals surface area contributed by atoms with Crippen LogP contribution in [0.5, 0.6) is 5.75 Å². The van der Waals surface area contributed by atoms with Gasteiger partial charge >= 0.3 is 0 Å². The molecule has 0 unspecified atom stereocenters. The molecule has 1 N–H and O–H groups in total. The molecule has 0 atom stereocenters. The summed E-state index contributed by atoms with van der Waals surface area (Å²) in [5.74, 6) is 0.555. The highest BCUT2D eigenvalue weighted by Crippen LogP contribution is 2.21. The molecule has 0 bridgehead atoms. The lowest BCUT2D eigenvalue weighted by molar-refractivity contribution is 0.0955. The van der Waals surface area contributed by atoms with E-state index in [2.05, 4.69) is 10.5 Å². The zero-order valence-corrected chi connectivity index (χ0v) is 11.1. The minimum Gasteiger partial charge on any atom is -0.497 e. The largest absolute Gasteiger partial charge is 0.497 e. The summed E-state index contributed by atoms with van der Waals surface area (Å²) in [5, 5.41) is 4.22. The number of hydrogen-bond donors (Lipinski definition) is 1. The number of nitrogens with one attached hydrogen (secondary N) is 1. The molecule has 0 saturated carbocycles. The Bertz CT molecular complexity index is 678. The van der Waals surface area contributed by atoms with E-state index in [0.29, 0.717) is 12.0 Å². The first-order chi connectivity index (χ1) is 9.78. The van der Waals surface area contributed by atoms with Crippen molar-refractivity contribution in [3.05, 3.63) is 65.2 Å². The summed E-state index contributed by atoms with van der Waals surface area (Å²) in [6, 6.07) is 15.3. The third-order valence-electron chi connectivity index (χ3n) is 3.31. The van der Waals surface area contributed by atoms with Gasteiger partial charge in [0.2, 0.25) is 0 Å². The van der Waals surface area contributed by atoms with Crippen LogP contribution in [0.25, 0.3) is 0 Å². The predicted molar refractivity (Wildman–Crippen MR) is 77.1 cm³/mol. The van der Waals surface area contributed by atoms with E-state index in [9.17, 15) is 4.79 Å². The standard InChI is InChI=1S/C16H14N2O2/c1-20-13-7-8-14-12(9-13)10-15(17-18-16(14)19)11-5-3-2-4-6-11/h2-9H,10H2,1H3,(H,18,19). The monoisotopic (exact) mass is 266 g/mol. The number of amides is 1. The van der Waals surface area contributed by atoms with Crippen LogP contribution in [0.4, 0.5) is 0 Å². The fraction of sp³-hybridized carbons (Fsp3) is 0.125. The molecule has 4 heteroatoms. The molecular weight excluding hydrogens is 252 g/mol. The molecule has 2 aromatic rings. The van der Waals surface area contributed by atoms with E-state index in [1.165, 1.54) is 0 Å². The lowest BCUT2D eigenvalue weighted by Crippen LogP contribution is -2.17. The predicted octanol–water partition coefficient (Wildman–Crippen LogP) is 2.39. The van der Waals surface area contributed by atoms with Gasteiger partial charge in [-0.15, -0.1) is 0 Å². The van der Waals surface area contributed by atoms with Crippen LogP contribution >= 0.6 is 0 Å². The first kappa shape index (κ1) is 12.4. The van der Waals surface area contributed by atoms with Crippen molar-refractivity contribution in [3.8, 4) is 5.75 Å². The highest BCUT2D eigenvalue weighted by molar-refractivity contribution is 6.07. The molecule has 0 aliphatic carbocycles. The van der Waals surface area contributed by atoms with Crippen molar-refractivity contribution in [1.29, 1.82) is 0 Å². The molecule has 1 aliphatic rings. The molecule has 1 heterocycles. The molecule has 0 saturated heterocycles. The van der Waals surface area contributed by atoms with E-state index < -0.39 is 0 Å². The van der Waals surface area contributed by atoms with E-state index in [1.807, 2.05) is 36.4 Å². The molecule has 100 valence electrons. The highest BCUT2D eigenvalue weighted by Gasteiger charge is 2.18. The van der Waals surface area contributed by atoms with E-state index in [1.54, 1.807) is 19.2 Å². The number of benzene rings is 2. The van der Waals surface area contributed by atoms with Gasteiger partial charge in [-0.25, -0.2) is 5.43 Å². The van der Waals surface area contributed by atoms with Gasteiger partial charge in [-0.05, 0) is 29.3 Å². The maximum Gasteiger partial charge on any atom is 0.271 e. The van der Waals surface area contributed by atoms with Crippen molar-refractivity contribution < 1.29 is 9.53 Å². The van der Waals surface area contributed by atoms with E-state index >= 15 is 0 Å². The molecular formula is C16H14N2O2. The van der Waals surface area contributed by atoms with Gasteiger partial charge in [-0.1, -0.05) is 30.3 Å². The summed E-state index contributed by atoms with van der Waals surface area (Å²) >= 11 is 0. The van der Waals surface area contributed by atoms with Crippen molar-refractivity contribution in [1.82, 2.24) is 5.43 Å². The zero-order valence-electron chi connectivity index (χ0n) is 11.1. The number of hydrazone groups is 1. The Kier molecular flexibility index (Phi) is 3.21. The van der Waals surface area contributed by atoms with Gasteiger partial charge in [-0.2, -0.15) is 5.10 Å². The Morgan fingerprint density at radius 3 is 2.70 bits per heavy atom. The van der Waals surface area contributed by atoms with Gasteiger partial charge in [0.05, 0.1) is 12.8 Å². The molecule has 0 radical (unpaired) electrons. The number of nitrogens with zero attached hydrogens (tertiary/aromatic N) is 1. The Morgan fingerprint density at radius 1 is 1.15 bits per heavy atom. The second-order valence-corrected chi connectivity index (χ2v) is 4.57. The van der Waals surface area contributed by atoms with Crippen molar-refractivity contribution in [2.45, 2.75) is 6.42 Å². The van der Waals surface area contributed by atoms with Crippen LogP contribution in [0, 0.1) is 0 Å². The number of hydrogen-bond acceptors (Lipinski definition) is 3. The van der Waals surface area contributed by atoms with Crippen LogP contribution in [0.2, 0.25) is 0 Å².